The fourth-order valence-electron chi connectivity index (χ4n) is 5.50. The maximum atomic E-state index is 13.2. The summed E-state index contributed by atoms with van der Waals surface area (Å²) in [6, 6.07) is 8.29. The number of nitrogens with one attached hydrogen (secondary N) is 2. The van der Waals surface area contributed by atoms with Crippen LogP contribution in [0, 0.1) is 5.92 Å². The van der Waals surface area contributed by atoms with Crippen LogP contribution in [0.2, 0.25) is 0 Å². The molecule has 5 rings (SSSR count). The molecule has 1 fully saturated rings. The Morgan fingerprint density at radius 3 is 2.68 bits per heavy atom. The number of rotatable bonds is 8. The van der Waals surface area contributed by atoms with E-state index >= 15 is 0 Å². The van der Waals surface area contributed by atoms with Gasteiger partial charge in [0, 0.05) is 44.8 Å². The average Bonchev–Trinajstić information content (AvgIpc) is 3.37. The molecule has 0 atom stereocenters. The zero-order chi connectivity index (χ0) is 25.1. The first-order valence-electron chi connectivity index (χ1n) is 13.1. The number of aryl methyl sites for hydroxylation is 1. The minimum absolute atomic E-state index is 0. The molecule has 10 heteroatoms. The first kappa shape index (κ1) is 27.2. The molecule has 2 aromatic heterocycles. The van der Waals surface area contributed by atoms with Gasteiger partial charge in [-0.25, -0.2) is 0 Å². The van der Waals surface area contributed by atoms with Crippen LogP contribution in [-0.4, -0.2) is 64.8 Å². The molecule has 1 saturated heterocycles. The second-order valence-corrected chi connectivity index (χ2v) is 9.79. The number of hydrogen-bond acceptors (Lipinski definition) is 6. The second-order valence-electron chi connectivity index (χ2n) is 9.79. The molecule has 1 amide bonds. The number of piperidine rings is 1. The van der Waals surface area contributed by atoms with Crippen molar-refractivity contribution in [1.29, 1.82) is 0 Å². The van der Waals surface area contributed by atoms with E-state index in [2.05, 4.69) is 37.3 Å². The van der Waals surface area contributed by atoms with E-state index in [0.717, 1.165) is 68.9 Å². The molecule has 2 N–H and O–H groups in total. The predicted molar refractivity (Wildman–Crippen MR) is 146 cm³/mol. The molecule has 2 aliphatic heterocycles. The zero-order valence-corrected chi connectivity index (χ0v) is 22.5. The third-order valence-electron chi connectivity index (χ3n) is 7.66. The van der Waals surface area contributed by atoms with E-state index in [9.17, 15) is 9.59 Å². The van der Waals surface area contributed by atoms with Crippen molar-refractivity contribution in [2.24, 2.45) is 5.92 Å². The van der Waals surface area contributed by atoms with Gasteiger partial charge in [-0.05, 0) is 62.9 Å². The van der Waals surface area contributed by atoms with E-state index in [1.165, 1.54) is 10.1 Å². The third-order valence-corrected chi connectivity index (χ3v) is 7.66. The van der Waals surface area contributed by atoms with Crippen LogP contribution in [0.4, 0.5) is 0 Å². The first-order chi connectivity index (χ1) is 17.6. The summed E-state index contributed by atoms with van der Waals surface area (Å²) in [5.74, 6) is 1.20. The number of benzene rings is 1. The Morgan fingerprint density at radius 1 is 1.22 bits per heavy atom. The summed E-state index contributed by atoms with van der Waals surface area (Å²) in [5.41, 5.74) is 4.05. The van der Waals surface area contributed by atoms with Gasteiger partial charge in [0.1, 0.15) is 11.3 Å². The highest BCUT2D eigenvalue weighted by Crippen LogP contribution is 2.20. The smallest absolute Gasteiger partial charge is 0.279 e. The van der Waals surface area contributed by atoms with Gasteiger partial charge in [0.2, 0.25) is 0 Å². The van der Waals surface area contributed by atoms with Crippen molar-refractivity contribution in [3.05, 3.63) is 63.2 Å². The fourth-order valence-corrected chi connectivity index (χ4v) is 5.50. The minimum atomic E-state index is -0.151. The lowest BCUT2D eigenvalue weighted by atomic mass is 9.96. The second kappa shape index (κ2) is 12.1. The van der Waals surface area contributed by atoms with Crippen LogP contribution in [-0.2, 0) is 25.9 Å². The van der Waals surface area contributed by atoms with Gasteiger partial charge in [0.05, 0.1) is 18.9 Å². The lowest BCUT2D eigenvalue weighted by molar-refractivity contribution is 0.0937. The van der Waals surface area contributed by atoms with Crippen LogP contribution in [0.3, 0.4) is 0 Å². The Bertz CT molecular complexity index is 1280. The number of ether oxygens (including phenoxy) is 1. The average molecular weight is 529 g/mol. The number of methoxy groups -OCH3 is 1. The van der Waals surface area contributed by atoms with Crippen LogP contribution in [0.5, 0.6) is 5.75 Å². The largest absolute Gasteiger partial charge is 0.497 e. The molecule has 0 bridgehead atoms. The summed E-state index contributed by atoms with van der Waals surface area (Å²) < 4.78 is 8.71. The van der Waals surface area contributed by atoms with Gasteiger partial charge < -0.3 is 24.8 Å². The van der Waals surface area contributed by atoms with Gasteiger partial charge in [-0.1, -0.05) is 12.1 Å². The first-order valence-corrected chi connectivity index (χ1v) is 13.1. The number of likely N-dealkylation sites (tertiary alicyclic amines) is 1. The van der Waals surface area contributed by atoms with Crippen LogP contribution in [0.25, 0.3) is 5.65 Å². The summed E-state index contributed by atoms with van der Waals surface area (Å²) in [5, 5.41) is 10.7. The van der Waals surface area contributed by atoms with Gasteiger partial charge in [-0.15, -0.1) is 12.4 Å². The van der Waals surface area contributed by atoms with Gasteiger partial charge in [0.15, 0.2) is 5.65 Å². The Balaban J connectivity index is 0.00000320. The van der Waals surface area contributed by atoms with Crippen LogP contribution >= 0.6 is 12.4 Å². The number of fused-ring (bicyclic) bond motifs is 2. The van der Waals surface area contributed by atoms with Crippen LogP contribution in [0.15, 0.2) is 35.3 Å². The van der Waals surface area contributed by atoms with E-state index in [4.69, 9.17) is 4.74 Å². The van der Waals surface area contributed by atoms with Crippen molar-refractivity contribution in [2.75, 3.05) is 39.8 Å². The summed E-state index contributed by atoms with van der Waals surface area (Å²) in [6.07, 6.45) is 5.48. The van der Waals surface area contributed by atoms with E-state index in [0.29, 0.717) is 36.8 Å². The fraction of sp³-hybridized carbons (Fsp3) is 0.519. The predicted octanol–water partition coefficient (Wildman–Crippen LogP) is 2.28. The maximum Gasteiger partial charge on any atom is 0.279 e. The number of carbonyl (C=O) groups excluding carboxylic acids is 1. The standard InChI is InChI=1S/C27H36N6O3.ClH/c1-3-32-24-8-12-28-17-22(24)27(35)33-26(32)23(18-30-33)25(34)29-16-20-10-14-31(15-11-20)13-9-19-4-6-21(36-2)7-5-19;/h4-7,18,20,28H,3,8-17H2,1-2H3,(H,29,34);1H. The van der Waals surface area contributed by atoms with Crippen LogP contribution in [0.1, 0.15) is 46.9 Å². The summed E-state index contributed by atoms with van der Waals surface area (Å²) >= 11 is 0. The topological polar surface area (TPSA) is 92.9 Å². The van der Waals surface area contributed by atoms with Gasteiger partial charge in [-0.2, -0.15) is 9.61 Å². The normalized spacial score (nSPS) is 16.3. The molecule has 9 nitrogen and oxygen atoms in total. The lowest BCUT2D eigenvalue weighted by Crippen LogP contribution is -2.39. The molecule has 0 radical (unpaired) electrons. The Labute approximate surface area is 223 Å². The molecule has 0 saturated carbocycles. The molecule has 0 aliphatic carbocycles. The monoisotopic (exact) mass is 528 g/mol. The highest BCUT2D eigenvalue weighted by Gasteiger charge is 2.25. The number of carbonyl (C=O) groups is 1. The summed E-state index contributed by atoms with van der Waals surface area (Å²) in [7, 11) is 1.69. The Morgan fingerprint density at radius 2 is 1.97 bits per heavy atom. The van der Waals surface area contributed by atoms with Crippen molar-refractivity contribution < 1.29 is 9.53 Å². The highest BCUT2D eigenvalue weighted by atomic mass is 35.5. The molecular formula is C27H37ClN6O3. The Hall–Kier alpha value is -2.88. The Kier molecular flexibility index (Phi) is 8.89. The third kappa shape index (κ3) is 5.68. The molecule has 200 valence electrons. The van der Waals surface area contributed by atoms with E-state index in [1.54, 1.807) is 13.3 Å². The van der Waals surface area contributed by atoms with E-state index in [-0.39, 0.29) is 23.9 Å². The van der Waals surface area contributed by atoms with E-state index in [1.807, 2.05) is 19.1 Å². The van der Waals surface area contributed by atoms with Gasteiger partial charge in [-0.3, -0.25) is 9.59 Å². The van der Waals surface area contributed by atoms with Crippen LogP contribution < -0.4 is 20.9 Å². The molecule has 3 aromatic rings. The number of halogens is 1. The van der Waals surface area contributed by atoms with Gasteiger partial charge >= 0.3 is 0 Å². The minimum Gasteiger partial charge on any atom is -0.497 e. The molecule has 37 heavy (non-hydrogen) atoms. The number of hydrogen-bond donors (Lipinski definition) is 2. The number of nitrogens with zero attached hydrogens (tertiary/aromatic N) is 4. The highest BCUT2D eigenvalue weighted by molar-refractivity contribution is 5.99. The summed E-state index contributed by atoms with van der Waals surface area (Å²) in [6.45, 7) is 7.89. The molecule has 2 aliphatic rings. The summed E-state index contributed by atoms with van der Waals surface area (Å²) in [4.78, 5) is 28.7. The maximum absolute atomic E-state index is 13.2. The van der Waals surface area contributed by atoms with Crippen molar-refractivity contribution in [2.45, 2.75) is 45.7 Å². The molecular weight excluding hydrogens is 492 g/mol. The molecule has 0 spiro atoms. The van der Waals surface area contributed by atoms with E-state index < -0.39 is 0 Å². The zero-order valence-electron chi connectivity index (χ0n) is 21.7. The number of amides is 1. The SMILES string of the molecule is CCn1c2c(c(=O)n3ncc(C(=O)NCC4CCN(CCc5ccc(OC)cc5)CC4)c13)CNCC2.Cl. The van der Waals surface area contributed by atoms with Crippen molar-refractivity contribution in [3.8, 4) is 5.75 Å². The van der Waals surface area contributed by atoms with Crippen molar-refractivity contribution >= 4 is 24.0 Å². The molecule has 1 aromatic carbocycles. The lowest BCUT2D eigenvalue weighted by Gasteiger charge is -2.32. The molecule has 4 heterocycles. The van der Waals surface area contributed by atoms with Crippen molar-refractivity contribution in [3.63, 3.8) is 0 Å². The molecule has 0 unspecified atom stereocenters. The van der Waals surface area contributed by atoms with Crippen molar-refractivity contribution in [1.82, 2.24) is 29.7 Å². The quantitative estimate of drug-likeness (QED) is 0.466. The van der Waals surface area contributed by atoms with Gasteiger partial charge in [0.25, 0.3) is 11.5 Å². The number of aromatic nitrogens is 3.